The third kappa shape index (κ3) is 4.01. The highest BCUT2D eigenvalue weighted by molar-refractivity contribution is 5.77. The number of rotatable bonds is 5. The van der Waals surface area contributed by atoms with Gasteiger partial charge in [0.05, 0.1) is 12.5 Å². The van der Waals surface area contributed by atoms with Crippen LogP contribution in [0.4, 0.5) is 0 Å². The molecule has 0 aromatic rings. The van der Waals surface area contributed by atoms with Gasteiger partial charge in [-0.25, -0.2) is 0 Å². The van der Waals surface area contributed by atoms with Gasteiger partial charge in [-0.1, -0.05) is 19.3 Å². The maximum Gasteiger partial charge on any atom is 0.224 e. The Morgan fingerprint density at radius 1 is 1.41 bits per heavy atom. The van der Waals surface area contributed by atoms with Crippen LogP contribution in [0.25, 0.3) is 0 Å². The van der Waals surface area contributed by atoms with Gasteiger partial charge in [0.2, 0.25) is 5.91 Å². The Morgan fingerprint density at radius 2 is 2.06 bits per heavy atom. The molecule has 17 heavy (non-hydrogen) atoms. The first-order valence-electron chi connectivity index (χ1n) is 6.43. The minimum atomic E-state index is -0.00373. The zero-order valence-corrected chi connectivity index (χ0v) is 11.0. The molecule has 0 spiro atoms. The van der Waals surface area contributed by atoms with E-state index in [9.17, 15) is 4.79 Å². The SMILES string of the molecule is CNC1(CC(=O)N(C)CCC#N)CCCCC1. The molecule has 0 aliphatic heterocycles. The van der Waals surface area contributed by atoms with Crippen molar-refractivity contribution in [3.63, 3.8) is 0 Å². The van der Waals surface area contributed by atoms with E-state index in [2.05, 4.69) is 11.4 Å². The lowest BCUT2D eigenvalue weighted by atomic mass is 9.79. The fourth-order valence-corrected chi connectivity index (χ4v) is 2.51. The lowest BCUT2D eigenvalue weighted by Gasteiger charge is -2.37. The molecule has 1 fully saturated rings. The molecule has 4 nitrogen and oxygen atoms in total. The number of amides is 1. The van der Waals surface area contributed by atoms with Gasteiger partial charge in [-0.3, -0.25) is 4.79 Å². The lowest BCUT2D eigenvalue weighted by Crippen LogP contribution is -2.48. The summed E-state index contributed by atoms with van der Waals surface area (Å²) in [5.74, 6) is 0.150. The van der Waals surface area contributed by atoms with Crippen LogP contribution in [0, 0.1) is 11.3 Å². The van der Waals surface area contributed by atoms with Crippen LogP contribution < -0.4 is 5.32 Å². The minimum absolute atomic E-state index is 0.00373. The number of carbonyl (C=O) groups is 1. The second kappa shape index (κ2) is 6.61. The van der Waals surface area contributed by atoms with Gasteiger partial charge in [-0.15, -0.1) is 0 Å². The van der Waals surface area contributed by atoms with E-state index in [-0.39, 0.29) is 11.4 Å². The van der Waals surface area contributed by atoms with Crippen molar-refractivity contribution in [2.45, 2.75) is 50.5 Å². The molecule has 0 aromatic carbocycles. The topological polar surface area (TPSA) is 56.1 Å². The van der Waals surface area contributed by atoms with Crippen LogP contribution in [0.2, 0.25) is 0 Å². The van der Waals surface area contributed by atoms with Crippen molar-refractivity contribution in [2.24, 2.45) is 0 Å². The van der Waals surface area contributed by atoms with Crippen LogP contribution in [-0.2, 0) is 4.79 Å². The van der Waals surface area contributed by atoms with E-state index in [1.807, 2.05) is 7.05 Å². The molecule has 1 saturated carbocycles. The summed E-state index contributed by atoms with van der Waals surface area (Å²) in [4.78, 5) is 13.7. The molecule has 4 heteroatoms. The summed E-state index contributed by atoms with van der Waals surface area (Å²) in [6.45, 7) is 0.537. The van der Waals surface area contributed by atoms with E-state index in [1.165, 1.54) is 19.3 Å². The number of nitrogens with zero attached hydrogens (tertiary/aromatic N) is 2. The Morgan fingerprint density at radius 3 is 2.59 bits per heavy atom. The zero-order valence-electron chi connectivity index (χ0n) is 11.0. The normalized spacial score (nSPS) is 18.4. The fourth-order valence-electron chi connectivity index (χ4n) is 2.51. The molecule has 1 amide bonds. The van der Waals surface area contributed by atoms with E-state index < -0.39 is 0 Å². The Labute approximate surface area is 104 Å². The number of carbonyl (C=O) groups excluding carboxylic acids is 1. The van der Waals surface area contributed by atoms with Gasteiger partial charge in [0.1, 0.15) is 0 Å². The Balaban J connectivity index is 2.50. The number of nitriles is 1. The molecule has 0 radical (unpaired) electrons. The number of nitrogens with one attached hydrogen (secondary N) is 1. The molecule has 1 N–H and O–H groups in total. The van der Waals surface area contributed by atoms with E-state index in [0.29, 0.717) is 19.4 Å². The van der Waals surface area contributed by atoms with Crippen LogP contribution in [0.3, 0.4) is 0 Å². The van der Waals surface area contributed by atoms with Gasteiger partial charge in [-0.05, 0) is 19.9 Å². The highest BCUT2D eigenvalue weighted by atomic mass is 16.2. The van der Waals surface area contributed by atoms with E-state index in [1.54, 1.807) is 11.9 Å². The molecule has 0 atom stereocenters. The molecule has 1 aliphatic rings. The third-order valence-corrected chi connectivity index (χ3v) is 3.82. The van der Waals surface area contributed by atoms with Crippen molar-refractivity contribution >= 4 is 5.91 Å². The van der Waals surface area contributed by atoms with E-state index in [0.717, 1.165) is 12.8 Å². The Hall–Kier alpha value is -1.08. The molecule has 0 saturated heterocycles. The van der Waals surface area contributed by atoms with Gasteiger partial charge >= 0.3 is 0 Å². The standard InChI is InChI=1S/C13H23N3O/c1-15-13(7-4-3-5-8-13)11-12(17)16(2)10-6-9-14/h15H,3-8,10-11H2,1-2H3. The predicted octanol–water partition coefficient (Wildman–Crippen LogP) is 1.67. The van der Waals surface area contributed by atoms with Crippen LogP contribution >= 0.6 is 0 Å². The molecule has 0 aromatic heterocycles. The fraction of sp³-hybridized carbons (Fsp3) is 0.846. The monoisotopic (exact) mass is 237 g/mol. The quantitative estimate of drug-likeness (QED) is 0.791. The average molecular weight is 237 g/mol. The maximum atomic E-state index is 12.1. The molecular weight excluding hydrogens is 214 g/mol. The number of hydrogen-bond donors (Lipinski definition) is 1. The molecule has 96 valence electrons. The summed E-state index contributed by atoms with van der Waals surface area (Å²) in [6, 6.07) is 2.07. The summed E-state index contributed by atoms with van der Waals surface area (Å²) in [5, 5.41) is 11.9. The van der Waals surface area contributed by atoms with Crippen molar-refractivity contribution in [3.05, 3.63) is 0 Å². The van der Waals surface area contributed by atoms with Crippen LogP contribution in [0.1, 0.15) is 44.9 Å². The van der Waals surface area contributed by atoms with Gasteiger partial charge in [0.25, 0.3) is 0 Å². The summed E-state index contributed by atoms with van der Waals surface area (Å²) in [7, 11) is 3.74. The zero-order chi connectivity index (χ0) is 12.7. The predicted molar refractivity (Wildman–Crippen MR) is 67.4 cm³/mol. The number of hydrogen-bond acceptors (Lipinski definition) is 3. The van der Waals surface area contributed by atoms with Gasteiger partial charge in [0, 0.05) is 25.6 Å². The summed E-state index contributed by atoms with van der Waals surface area (Å²) in [5.41, 5.74) is -0.00373. The molecule has 1 rings (SSSR count). The van der Waals surface area contributed by atoms with Crippen molar-refractivity contribution < 1.29 is 4.79 Å². The summed E-state index contributed by atoms with van der Waals surface area (Å²) < 4.78 is 0. The van der Waals surface area contributed by atoms with Crippen LogP contribution in [-0.4, -0.2) is 37.0 Å². The smallest absolute Gasteiger partial charge is 0.224 e. The molecular formula is C13H23N3O. The van der Waals surface area contributed by atoms with Crippen LogP contribution in [0.5, 0.6) is 0 Å². The highest BCUT2D eigenvalue weighted by Crippen LogP contribution is 2.31. The first-order chi connectivity index (χ1) is 8.13. The molecule has 1 aliphatic carbocycles. The van der Waals surface area contributed by atoms with Crippen molar-refractivity contribution in [3.8, 4) is 6.07 Å². The van der Waals surface area contributed by atoms with E-state index in [4.69, 9.17) is 5.26 Å². The van der Waals surface area contributed by atoms with Crippen molar-refractivity contribution in [1.29, 1.82) is 5.26 Å². The first-order valence-corrected chi connectivity index (χ1v) is 6.43. The summed E-state index contributed by atoms with van der Waals surface area (Å²) >= 11 is 0. The second-order valence-corrected chi connectivity index (χ2v) is 4.99. The third-order valence-electron chi connectivity index (χ3n) is 3.82. The van der Waals surface area contributed by atoms with Gasteiger partial charge in [-0.2, -0.15) is 5.26 Å². The maximum absolute atomic E-state index is 12.1. The van der Waals surface area contributed by atoms with E-state index >= 15 is 0 Å². The van der Waals surface area contributed by atoms with Gasteiger partial charge < -0.3 is 10.2 Å². The Kier molecular flexibility index (Phi) is 5.43. The lowest BCUT2D eigenvalue weighted by molar-refractivity contribution is -0.131. The largest absolute Gasteiger partial charge is 0.345 e. The van der Waals surface area contributed by atoms with Gasteiger partial charge in [0.15, 0.2) is 0 Å². The summed E-state index contributed by atoms with van der Waals surface area (Å²) in [6.07, 6.45) is 6.83. The molecule has 0 heterocycles. The molecule has 0 bridgehead atoms. The molecule has 0 unspecified atom stereocenters. The first kappa shape index (κ1) is 14.0. The Bertz CT molecular complexity index is 290. The average Bonchev–Trinajstić information content (AvgIpc) is 2.36. The highest BCUT2D eigenvalue weighted by Gasteiger charge is 2.33. The van der Waals surface area contributed by atoms with Crippen molar-refractivity contribution in [1.82, 2.24) is 10.2 Å². The minimum Gasteiger partial charge on any atom is -0.345 e. The van der Waals surface area contributed by atoms with Crippen molar-refractivity contribution in [2.75, 3.05) is 20.6 Å². The van der Waals surface area contributed by atoms with Crippen LogP contribution in [0.15, 0.2) is 0 Å². The second-order valence-electron chi connectivity index (χ2n) is 4.99.